The molecule has 5 nitrogen and oxygen atoms in total. The average molecular weight is 710 g/mol. The maximum atomic E-state index is 12.5. The van der Waals surface area contributed by atoms with Crippen molar-refractivity contribution in [3.63, 3.8) is 0 Å². The van der Waals surface area contributed by atoms with Gasteiger partial charge in [-0.05, 0) is 12.8 Å². The summed E-state index contributed by atoms with van der Waals surface area (Å²) in [5, 5.41) is 33.4. The number of aliphatic hydroxyl groups is 3. The van der Waals surface area contributed by atoms with Gasteiger partial charge < -0.3 is 20.6 Å². The van der Waals surface area contributed by atoms with Gasteiger partial charge in [-0.3, -0.25) is 4.79 Å². The number of unbranched alkanes of at least 4 members (excludes halogenated alkanes) is 34. The molecule has 0 aliphatic heterocycles. The van der Waals surface area contributed by atoms with E-state index in [9.17, 15) is 20.1 Å². The molecule has 300 valence electrons. The van der Waals surface area contributed by atoms with Crippen molar-refractivity contribution in [2.24, 2.45) is 0 Å². The van der Waals surface area contributed by atoms with Crippen molar-refractivity contribution < 1.29 is 20.1 Å². The molecule has 5 heteroatoms. The molecular formula is C45H91NO4. The summed E-state index contributed by atoms with van der Waals surface area (Å²) in [6.45, 7) is 4.26. The highest BCUT2D eigenvalue weighted by Gasteiger charge is 2.23. The zero-order chi connectivity index (χ0) is 36.6. The van der Waals surface area contributed by atoms with Crippen LogP contribution in [-0.2, 0) is 4.79 Å². The van der Waals surface area contributed by atoms with Gasteiger partial charge in [-0.25, -0.2) is 0 Å². The van der Waals surface area contributed by atoms with E-state index in [0.717, 1.165) is 32.1 Å². The molecule has 1 amide bonds. The lowest BCUT2D eigenvalue weighted by atomic mass is 10.0. The molecular weight excluding hydrogens is 618 g/mol. The van der Waals surface area contributed by atoms with E-state index >= 15 is 0 Å². The lowest BCUT2D eigenvalue weighted by Gasteiger charge is -2.23. The second-order valence-electron chi connectivity index (χ2n) is 16.0. The van der Waals surface area contributed by atoms with Crippen LogP contribution in [0, 0.1) is 0 Å². The van der Waals surface area contributed by atoms with Gasteiger partial charge in [0.05, 0.1) is 18.8 Å². The summed E-state index contributed by atoms with van der Waals surface area (Å²) in [7, 11) is 0. The van der Waals surface area contributed by atoms with Gasteiger partial charge in [0.2, 0.25) is 5.91 Å². The molecule has 3 atom stereocenters. The highest BCUT2D eigenvalue weighted by Crippen LogP contribution is 2.17. The minimum atomic E-state index is -1.07. The number of carbonyl (C=O) groups is 1. The Morgan fingerprint density at radius 1 is 0.400 bits per heavy atom. The first-order valence-corrected chi connectivity index (χ1v) is 22.8. The Kier molecular flexibility index (Phi) is 40.6. The van der Waals surface area contributed by atoms with Crippen molar-refractivity contribution in [2.45, 2.75) is 276 Å². The van der Waals surface area contributed by atoms with E-state index in [2.05, 4.69) is 19.2 Å². The number of rotatable bonds is 42. The van der Waals surface area contributed by atoms with E-state index in [-0.39, 0.29) is 6.61 Å². The zero-order valence-corrected chi connectivity index (χ0v) is 34.1. The summed E-state index contributed by atoms with van der Waals surface area (Å²) >= 11 is 0. The summed E-state index contributed by atoms with van der Waals surface area (Å²) in [5.41, 5.74) is 0. The Balaban J connectivity index is 3.57. The standard InChI is InChI=1S/C45H91NO4/c1-3-5-7-9-11-13-15-17-19-21-22-24-26-28-30-32-34-36-38-40-44(49)45(50)46-42(41-47)43(48)39-37-35-33-31-29-27-25-23-20-18-16-14-12-10-8-6-4-2/h42-44,47-49H,3-41H2,1-2H3,(H,46,50). The van der Waals surface area contributed by atoms with Crippen LogP contribution in [0.2, 0.25) is 0 Å². The Labute approximate surface area is 313 Å². The SMILES string of the molecule is CCCCCCCCCCCCCCCCCCCCCC(O)C(=O)NC(CO)C(O)CCCCCCCCCCCCCCCCCCC. The third kappa shape index (κ3) is 35.7. The van der Waals surface area contributed by atoms with Crippen LogP contribution in [-0.4, -0.2) is 46.1 Å². The Hall–Kier alpha value is -0.650. The van der Waals surface area contributed by atoms with Crippen molar-refractivity contribution in [1.29, 1.82) is 0 Å². The highest BCUT2D eigenvalue weighted by atomic mass is 16.3. The molecule has 0 radical (unpaired) electrons. The van der Waals surface area contributed by atoms with Crippen LogP contribution in [0.15, 0.2) is 0 Å². The molecule has 0 aliphatic rings. The van der Waals surface area contributed by atoms with Crippen LogP contribution < -0.4 is 5.32 Å². The van der Waals surface area contributed by atoms with E-state index in [1.165, 1.54) is 199 Å². The van der Waals surface area contributed by atoms with Crippen molar-refractivity contribution >= 4 is 5.91 Å². The predicted octanol–water partition coefficient (Wildman–Crippen LogP) is 13.0. The second-order valence-corrected chi connectivity index (χ2v) is 16.0. The smallest absolute Gasteiger partial charge is 0.249 e. The van der Waals surface area contributed by atoms with Gasteiger partial charge in [0.25, 0.3) is 0 Å². The lowest BCUT2D eigenvalue weighted by molar-refractivity contribution is -0.131. The van der Waals surface area contributed by atoms with Gasteiger partial charge in [-0.15, -0.1) is 0 Å². The Morgan fingerprint density at radius 3 is 0.900 bits per heavy atom. The topological polar surface area (TPSA) is 89.8 Å². The fourth-order valence-corrected chi connectivity index (χ4v) is 7.37. The number of hydrogen-bond acceptors (Lipinski definition) is 4. The summed E-state index contributed by atoms with van der Waals surface area (Å²) in [5.74, 6) is -0.465. The third-order valence-corrected chi connectivity index (χ3v) is 11.0. The lowest BCUT2D eigenvalue weighted by Crippen LogP contribution is -2.49. The highest BCUT2D eigenvalue weighted by molar-refractivity contribution is 5.80. The molecule has 0 heterocycles. The first kappa shape index (κ1) is 49.4. The van der Waals surface area contributed by atoms with Gasteiger partial charge in [0, 0.05) is 0 Å². The number of hydrogen-bond donors (Lipinski definition) is 4. The summed E-state index contributed by atoms with van der Waals surface area (Å²) in [6.07, 6.45) is 46.7. The van der Waals surface area contributed by atoms with E-state index in [4.69, 9.17) is 0 Å². The van der Waals surface area contributed by atoms with E-state index in [1.54, 1.807) is 0 Å². The molecule has 0 fully saturated rings. The summed E-state index contributed by atoms with van der Waals surface area (Å²) in [6, 6.07) is -0.705. The van der Waals surface area contributed by atoms with Crippen LogP contribution >= 0.6 is 0 Å². The fraction of sp³-hybridized carbons (Fsp3) is 0.978. The van der Waals surface area contributed by atoms with Crippen molar-refractivity contribution in [2.75, 3.05) is 6.61 Å². The minimum absolute atomic E-state index is 0.308. The fourth-order valence-electron chi connectivity index (χ4n) is 7.37. The molecule has 0 bridgehead atoms. The molecule has 3 unspecified atom stereocenters. The monoisotopic (exact) mass is 710 g/mol. The van der Waals surface area contributed by atoms with Crippen LogP contribution in [0.3, 0.4) is 0 Å². The molecule has 0 saturated carbocycles. The van der Waals surface area contributed by atoms with E-state index in [1.807, 2.05) is 0 Å². The molecule has 0 aromatic carbocycles. The van der Waals surface area contributed by atoms with Gasteiger partial charge in [-0.2, -0.15) is 0 Å². The number of aliphatic hydroxyl groups excluding tert-OH is 3. The van der Waals surface area contributed by atoms with Gasteiger partial charge in [0.1, 0.15) is 6.10 Å². The van der Waals surface area contributed by atoms with Crippen molar-refractivity contribution in [3.8, 4) is 0 Å². The Bertz CT molecular complexity index is 659. The van der Waals surface area contributed by atoms with E-state index < -0.39 is 24.2 Å². The Morgan fingerprint density at radius 2 is 0.640 bits per heavy atom. The molecule has 0 spiro atoms. The van der Waals surface area contributed by atoms with Gasteiger partial charge >= 0.3 is 0 Å². The second kappa shape index (κ2) is 41.1. The first-order valence-electron chi connectivity index (χ1n) is 22.8. The van der Waals surface area contributed by atoms with Crippen LogP contribution in [0.1, 0.15) is 258 Å². The third-order valence-electron chi connectivity index (χ3n) is 11.0. The molecule has 0 aromatic heterocycles. The number of nitrogens with one attached hydrogen (secondary N) is 1. The number of amides is 1. The van der Waals surface area contributed by atoms with Gasteiger partial charge in [0.15, 0.2) is 0 Å². The maximum Gasteiger partial charge on any atom is 0.249 e. The van der Waals surface area contributed by atoms with Crippen LogP contribution in [0.25, 0.3) is 0 Å². The maximum absolute atomic E-state index is 12.5. The largest absolute Gasteiger partial charge is 0.394 e. The van der Waals surface area contributed by atoms with Crippen molar-refractivity contribution in [1.82, 2.24) is 5.32 Å². The van der Waals surface area contributed by atoms with E-state index in [0.29, 0.717) is 12.8 Å². The minimum Gasteiger partial charge on any atom is -0.394 e. The normalized spacial score (nSPS) is 13.5. The molecule has 4 N–H and O–H groups in total. The number of carbonyl (C=O) groups excluding carboxylic acids is 1. The van der Waals surface area contributed by atoms with Crippen LogP contribution in [0.4, 0.5) is 0 Å². The molecule has 0 aromatic rings. The van der Waals surface area contributed by atoms with Gasteiger partial charge in [-0.1, -0.05) is 245 Å². The van der Waals surface area contributed by atoms with Crippen molar-refractivity contribution in [3.05, 3.63) is 0 Å². The average Bonchev–Trinajstić information content (AvgIpc) is 3.12. The zero-order valence-electron chi connectivity index (χ0n) is 34.1. The quantitative estimate of drug-likeness (QED) is 0.0475. The first-order chi connectivity index (χ1) is 24.6. The molecule has 50 heavy (non-hydrogen) atoms. The molecule has 0 saturated heterocycles. The molecule has 0 aliphatic carbocycles. The summed E-state index contributed by atoms with van der Waals surface area (Å²) < 4.78 is 0. The molecule has 0 rings (SSSR count). The predicted molar refractivity (Wildman–Crippen MR) is 218 cm³/mol. The summed E-state index contributed by atoms with van der Waals surface area (Å²) in [4.78, 5) is 12.5. The van der Waals surface area contributed by atoms with Crippen LogP contribution in [0.5, 0.6) is 0 Å².